The molecule has 1 aliphatic rings. The van der Waals surface area contributed by atoms with Gasteiger partial charge < -0.3 is 14.4 Å². The van der Waals surface area contributed by atoms with Crippen molar-refractivity contribution in [3.05, 3.63) is 29.8 Å². The fourth-order valence-electron chi connectivity index (χ4n) is 3.55. The van der Waals surface area contributed by atoms with Crippen molar-refractivity contribution in [2.45, 2.75) is 31.3 Å². The summed E-state index contributed by atoms with van der Waals surface area (Å²) in [5, 5.41) is 0. The van der Waals surface area contributed by atoms with Crippen molar-refractivity contribution in [2.75, 3.05) is 34.9 Å². The number of hydrogen-bond acceptors (Lipinski definition) is 3. The lowest BCUT2D eigenvalue weighted by Gasteiger charge is -2.44. The van der Waals surface area contributed by atoms with E-state index in [9.17, 15) is 0 Å². The predicted octanol–water partition coefficient (Wildman–Crippen LogP) is 3.29. The second kappa shape index (κ2) is 6.59. The zero-order chi connectivity index (χ0) is 14.6. The van der Waals surface area contributed by atoms with Crippen LogP contribution in [0.15, 0.2) is 24.3 Å². The van der Waals surface area contributed by atoms with Crippen molar-refractivity contribution in [2.24, 2.45) is 5.92 Å². The van der Waals surface area contributed by atoms with E-state index in [0.717, 1.165) is 18.7 Å². The first-order valence-corrected chi connectivity index (χ1v) is 7.47. The minimum absolute atomic E-state index is 0.170. The maximum absolute atomic E-state index is 6.10. The molecule has 0 amide bonds. The Kier molecular flexibility index (Phi) is 5.06. The van der Waals surface area contributed by atoms with Crippen molar-refractivity contribution in [3.8, 4) is 5.75 Å². The lowest BCUT2D eigenvalue weighted by molar-refractivity contribution is -0.0952. The van der Waals surface area contributed by atoms with Gasteiger partial charge in [-0.3, -0.25) is 0 Å². The van der Waals surface area contributed by atoms with Gasteiger partial charge in [-0.1, -0.05) is 25.0 Å². The van der Waals surface area contributed by atoms with E-state index in [2.05, 4.69) is 37.2 Å². The van der Waals surface area contributed by atoms with Gasteiger partial charge in [-0.25, -0.2) is 0 Å². The molecule has 2 rings (SSSR count). The van der Waals surface area contributed by atoms with E-state index in [1.165, 1.54) is 24.8 Å². The first-order valence-electron chi connectivity index (χ1n) is 7.47. The fraction of sp³-hybridized carbons (Fsp3) is 0.647. The van der Waals surface area contributed by atoms with E-state index in [1.54, 1.807) is 7.11 Å². The van der Waals surface area contributed by atoms with Crippen LogP contribution in [-0.4, -0.2) is 39.8 Å². The zero-order valence-electron chi connectivity index (χ0n) is 13.2. The molecule has 0 unspecified atom stereocenters. The molecule has 3 heteroatoms. The maximum Gasteiger partial charge on any atom is 0.119 e. The van der Waals surface area contributed by atoms with Gasteiger partial charge in [-0.2, -0.15) is 0 Å². The average Bonchev–Trinajstić information content (AvgIpc) is 2.47. The highest BCUT2D eigenvalue weighted by Crippen LogP contribution is 2.45. The molecule has 0 saturated heterocycles. The number of rotatable bonds is 5. The van der Waals surface area contributed by atoms with Crippen LogP contribution >= 0.6 is 0 Å². The SMILES string of the molecule is COc1cccc([C@]2(OC)CCCC[C@H]2CN(C)C)c1. The van der Waals surface area contributed by atoms with E-state index in [0.29, 0.717) is 5.92 Å². The summed E-state index contributed by atoms with van der Waals surface area (Å²) in [6, 6.07) is 8.38. The van der Waals surface area contributed by atoms with Crippen LogP contribution in [0.3, 0.4) is 0 Å². The normalized spacial score (nSPS) is 26.8. The summed E-state index contributed by atoms with van der Waals surface area (Å²) in [6.45, 7) is 1.06. The number of hydrogen-bond donors (Lipinski definition) is 0. The van der Waals surface area contributed by atoms with Crippen molar-refractivity contribution in [1.82, 2.24) is 4.90 Å². The summed E-state index contributed by atoms with van der Waals surface area (Å²) in [5.74, 6) is 1.44. The summed E-state index contributed by atoms with van der Waals surface area (Å²) in [7, 11) is 7.85. The molecule has 0 aliphatic heterocycles. The van der Waals surface area contributed by atoms with Crippen LogP contribution in [0.5, 0.6) is 5.75 Å². The molecule has 0 bridgehead atoms. The Morgan fingerprint density at radius 2 is 2.05 bits per heavy atom. The average molecular weight is 277 g/mol. The van der Waals surface area contributed by atoms with Gasteiger partial charge in [0.1, 0.15) is 5.75 Å². The summed E-state index contributed by atoms with van der Waals surface area (Å²) < 4.78 is 11.5. The van der Waals surface area contributed by atoms with Gasteiger partial charge in [0.25, 0.3) is 0 Å². The second-order valence-corrected chi connectivity index (χ2v) is 6.03. The highest BCUT2D eigenvalue weighted by molar-refractivity contribution is 5.33. The summed E-state index contributed by atoms with van der Waals surface area (Å²) in [6.07, 6.45) is 4.85. The molecule has 1 aliphatic carbocycles. The number of ether oxygens (including phenoxy) is 2. The molecule has 1 aromatic carbocycles. The molecular weight excluding hydrogens is 250 g/mol. The van der Waals surface area contributed by atoms with Gasteiger partial charge >= 0.3 is 0 Å². The Hall–Kier alpha value is -1.06. The second-order valence-electron chi connectivity index (χ2n) is 6.03. The third kappa shape index (κ3) is 2.99. The van der Waals surface area contributed by atoms with E-state index in [-0.39, 0.29) is 5.60 Å². The summed E-state index contributed by atoms with van der Waals surface area (Å²) >= 11 is 0. The minimum atomic E-state index is -0.170. The fourth-order valence-corrected chi connectivity index (χ4v) is 3.55. The van der Waals surface area contributed by atoms with Crippen LogP contribution in [0.2, 0.25) is 0 Å². The molecule has 1 fully saturated rings. The van der Waals surface area contributed by atoms with Crippen LogP contribution in [0, 0.1) is 5.92 Å². The van der Waals surface area contributed by atoms with Gasteiger partial charge in [0, 0.05) is 19.6 Å². The van der Waals surface area contributed by atoms with Crippen LogP contribution < -0.4 is 4.74 Å². The Labute approximate surface area is 122 Å². The highest BCUT2D eigenvalue weighted by atomic mass is 16.5. The molecule has 112 valence electrons. The molecule has 20 heavy (non-hydrogen) atoms. The lowest BCUT2D eigenvalue weighted by Crippen LogP contribution is -2.44. The smallest absolute Gasteiger partial charge is 0.119 e. The Balaban J connectivity index is 2.37. The van der Waals surface area contributed by atoms with E-state index in [4.69, 9.17) is 9.47 Å². The van der Waals surface area contributed by atoms with Crippen molar-refractivity contribution < 1.29 is 9.47 Å². The first-order chi connectivity index (χ1) is 9.62. The van der Waals surface area contributed by atoms with Crippen molar-refractivity contribution in [3.63, 3.8) is 0 Å². The van der Waals surface area contributed by atoms with Gasteiger partial charge in [0.2, 0.25) is 0 Å². The Morgan fingerprint density at radius 1 is 1.25 bits per heavy atom. The van der Waals surface area contributed by atoms with Gasteiger partial charge in [0.05, 0.1) is 12.7 Å². The van der Waals surface area contributed by atoms with Crippen LogP contribution in [0.25, 0.3) is 0 Å². The number of methoxy groups -OCH3 is 2. The third-order valence-electron chi connectivity index (χ3n) is 4.52. The molecule has 3 nitrogen and oxygen atoms in total. The van der Waals surface area contributed by atoms with Gasteiger partial charge in [-0.05, 0) is 44.6 Å². The van der Waals surface area contributed by atoms with Crippen molar-refractivity contribution >= 4 is 0 Å². The number of nitrogens with zero attached hydrogens (tertiary/aromatic N) is 1. The standard InChI is InChI=1S/C17H27NO2/c1-18(2)13-15-8-5-6-11-17(15,20-4)14-9-7-10-16(12-14)19-3/h7,9-10,12,15H,5-6,8,11,13H2,1-4H3/t15-,17+/m0/s1. The Morgan fingerprint density at radius 3 is 2.70 bits per heavy atom. The van der Waals surface area contributed by atoms with E-state index >= 15 is 0 Å². The maximum atomic E-state index is 6.10. The largest absolute Gasteiger partial charge is 0.497 e. The summed E-state index contributed by atoms with van der Waals surface area (Å²) in [4.78, 5) is 2.27. The minimum Gasteiger partial charge on any atom is -0.497 e. The lowest BCUT2D eigenvalue weighted by atomic mass is 9.71. The molecular formula is C17H27NO2. The molecule has 0 spiro atoms. The monoisotopic (exact) mass is 277 g/mol. The van der Waals surface area contributed by atoms with Gasteiger partial charge in [-0.15, -0.1) is 0 Å². The number of benzene rings is 1. The van der Waals surface area contributed by atoms with E-state index in [1.807, 2.05) is 13.2 Å². The molecule has 0 radical (unpaired) electrons. The third-order valence-corrected chi connectivity index (χ3v) is 4.52. The topological polar surface area (TPSA) is 21.7 Å². The van der Waals surface area contributed by atoms with Crippen LogP contribution in [0.1, 0.15) is 31.2 Å². The molecule has 0 heterocycles. The molecule has 1 saturated carbocycles. The summed E-state index contributed by atoms with van der Waals surface area (Å²) in [5.41, 5.74) is 1.09. The Bertz CT molecular complexity index is 433. The van der Waals surface area contributed by atoms with Crippen LogP contribution in [-0.2, 0) is 10.3 Å². The molecule has 0 N–H and O–H groups in total. The van der Waals surface area contributed by atoms with Gasteiger partial charge in [0.15, 0.2) is 0 Å². The quantitative estimate of drug-likeness (QED) is 0.824. The predicted molar refractivity (Wildman–Crippen MR) is 82.2 cm³/mol. The molecule has 2 atom stereocenters. The molecule has 0 aromatic heterocycles. The molecule has 1 aromatic rings. The van der Waals surface area contributed by atoms with E-state index < -0.39 is 0 Å². The zero-order valence-corrected chi connectivity index (χ0v) is 13.2. The van der Waals surface area contributed by atoms with Crippen LogP contribution in [0.4, 0.5) is 0 Å². The van der Waals surface area contributed by atoms with Crippen molar-refractivity contribution in [1.29, 1.82) is 0 Å². The first kappa shape index (κ1) is 15.3. The highest BCUT2D eigenvalue weighted by Gasteiger charge is 2.42.